The molecule has 2 rings (SSSR count). The largest absolute Gasteiger partial charge is 0.327 e. The average molecular weight is 293 g/mol. The van der Waals surface area contributed by atoms with Crippen LogP contribution in [0.4, 0.5) is 0 Å². The second-order valence-electron chi connectivity index (χ2n) is 4.20. The zero-order valence-corrected chi connectivity index (χ0v) is 11.0. The second kappa shape index (κ2) is 5.33. The number of halogens is 1. The first-order chi connectivity index (χ1) is 8.20. The Morgan fingerprint density at radius 2 is 2.35 bits per heavy atom. The van der Waals surface area contributed by atoms with Crippen molar-refractivity contribution in [3.05, 3.63) is 28.5 Å². The maximum atomic E-state index is 12.2. The maximum absolute atomic E-state index is 12.2. The number of amides is 1. The van der Waals surface area contributed by atoms with Crippen molar-refractivity contribution in [2.24, 2.45) is 5.92 Å². The summed E-state index contributed by atoms with van der Waals surface area (Å²) >= 11 is 3.24. The first-order valence-electron chi connectivity index (χ1n) is 5.55. The first-order valence-corrected chi connectivity index (χ1v) is 6.34. The molecule has 0 spiro atoms. The van der Waals surface area contributed by atoms with Crippen molar-refractivity contribution in [3.8, 4) is 12.3 Å². The van der Waals surface area contributed by atoms with Gasteiger partial charge < -0.3 is 4.90 Å². The van der Waals surface area contributed by atoms with Crippen LogP contribution in [-0.2, 0) is 0 Å². The number of aromatic nitrogens is 1. The lowest BCUT2D eigenvalue weighted by Crippen LogP contribution is -2.33. The molecule has 1 fully saturated rings. The molecule has 88 valence electrons. The van der Waals surface area contributed by atoms with E-state index < -0.39 is 0 Å². The van der Waals surface area contributed by atoms with Gasteiger partial charge in [0.2, 0.25) is 0 Å². The van der Waals surface area contributed by atoms with Crippen LogP contribution in [0, 0.1) is 18.3 Å². The highest BCUT2D eigenvalue weighted by Gasteiger charge is 2.26. The van der Waals surface area contributed by atoms with Crippen molar-refractivity contribution < 1.29 is 4.79 Å². The molecule has 1 aromatic heterocycles. The number of hydrogen-bond acceptors (Lipinski definition) is 2. The number of rotatable bonds is 4. The predicted octanol–water partition coefficient (Wildman–Crippen LogP) is 2.33. The van der Waals surface area contributed by atoms with Gasteiger partial charge in [-0.25, -0.2) is 4.98 Å². The van der Waals surface area contributed by atoms with E-state index in [1.807, 2.05) is 0 Å². The quantitative estimate of drug-likeness (QED) is 0.630. The molecular formula is C13H13BrN2O. The summed E-state index contributed by atoms with van der Waals surface area (Å²) in [6.45, 7) is 1.13. The van der Waals surface area contributed by atoms with Gasteiger partial charge in [-0.1, -0.05) is 5.92 Å². The normalized spacial score (nSPS) is 14.1. The van der Waals surface area contributed by atoms with Gasteiger partial charge >= 0.3 is 0 Å². The van der Waals surface area contributed by atoms with Crippen LogP contribution in [-0.4, -0.2) is 28.9 Å². The molecule has 1 aromatic rings. The molecule has 3 nitrogen and oxygen atoms in total. The summed E-state index contributed by atoms with van der Waals surface area (Å²) in [4.78, 5) is 18.0. The lowest BCUT2D eigenvalue weighted by molar-refractivity contribution is 0.0769. The standard InChI is InChI=1S/C13H13BrN2O/c1-2-7-16(9-10-3-4-10)13(17)11-5-6-12(14)15-8-11/h1,5-6,8,10H,3-4,7,9H2. The van der Waals surface area contributed by atoms with E-state index in [4.69, 9.17) is 6.42 Å². The zero-order chi connectivity index (χ0) is 12.3. The number of nitrogens with zero attached hydrogens (tertiary/aromatic N) is 2. The molecule has 0 atom stereocenters. The molecule has 4 heteroatoms. The molecule has 0 unspecified atom stereocenters. The molecule has 1 amide bonds. The topological polar surface area (TPSA) is 33.2 Å². The summed E-state index contributed by atoms with van der Waals surface area (Å²) in [5, 5.41) is 0. The van der Waals surface area contributed by atoms with Crippen LogP contribution in [0.2, 0.25) is 0 Å². The lowest BCUT2D eigenvalue weighted by atomic mass is 10.2. The van der Waals surface area contributed by atoms with E-state index in [-0.39, 0.29) is 5.91 Å². The monoisotopic (exact) mass is 292 g/mol. The van der Waals surface area contributed by atoms with E-state index in [1.54, 1.807) is 23.2 Å². The minimum absolute atomic E-state index is 0.0325. The van der Waals surface area contributed by atoms with Crippen LogP contribution < -0.4 is 0 Å². The molecular weight excluding hydrogens is 280 g/mol. The van der Waals surface area contributed by atoms with Gasteiger partial charge in [0.1, 0.15) is 4.60 Å². The highest BCUT2D eigenvalue weighted by molar-refractivity contribution is 9.10. The van der Waals surface area contributed by atoms with E-state index in [2.05, 4.69) is 26.8 Å². The van der Waals surface area contributed by atoms with Crippen LogP contribution in [0.15, 0.2) is 22.9 Å². The molecule has 0 bridgehead atoms. The molecule has 0 aromatic carbocycles. The molecule has 1 aliphatic carbocycles. The fraction of sp³-hybridized carbons (Fsp3) is 0.385. The smallest absolute Gasteiger partial charge is 0.256 e. The Morgan fingerprint density at radius 3 is 2.88 bits per heavy atom. The Labute approximate surface area is 109 Å². The van der Waals surface area contributed by atoms with E-state index in [0.29, 0.717) is 18.0 Å². The summed E-state index contributed by atoms with van der Waals surface area (Å²) in [7, 11) is 0. The van der Waals surface area contributed by atoms with Gasteiger partial charge in [-0.15, -0.1) is 6.42 Å². The molecule has 1 heterocycles. The fourth-order valence-electron chi connectivity index (χ4n) is 1.63. The lowest BCUT2D eigenvalue weighted by Gasteiger charge is -2.19. The highest BCUT2D eigenvalue weighted by atomic mass is 79.9. The molecule has 0 saturated heterocycles. The number of pyridine rings is 1. The van der Waals surface area contributed by atoms with Crippen LogP contribution in [0.5, 0.6) is 0 Å². The summed E-state index contributed by atoms with van der Waals surface area (Å²) in [6.07, 6.45) is 9.27. The van der Waals surface area contributed by atoms with Crippen molar-refractivity contribution in [3.63, 3.8) is 0 Å². The Hall–Kier alpha value is -1.34. The minimum atomic E-state index is -0.0325. The minimum Gasteiger partial charge on any atom is -0.327 e. The first kappa shape index (κ1) is 12.1. The summed E-state index contributed by atoms with van der Waals surface area (Å²) in [5.41, 5.74) is 0.587. The summed E-state index contributed by atoms with van der Waals surface area (Å²) in [6, 6.07) is 3.52. The van der Waals surface area contributed by atoms with E-state index >= 15 is 0 Å². The number of carbonyl (C=O) groups is 1. The number of carbonyl (C=O) groups excluding carboxylic acids is 1. The highest BCUT2D eigenvalue weighted by Crippen LogP contribution is 2.30. The third-order valence-corrected chi connectivity index (χ3v) is 3.19. The number of terminal acetylenes is 1. The Bertz CT molecular complexity index is 445. The van der Waals surface area contributed by atoms with Gasteiger partial charge in [0.15, 0.2) is 0 Å². The third-order valence-electron chi connectivity index (χ3n) is 2.72. The second-order valence-corrected chi connectivity index (χ2v) is 5.02. The molecule has 0 N–H and O–H groups in total. The van der Waals surface area contributed by atoms with Crippen molar-refractivity contribution in [1.29, 1.82) is 0 Å². The van der Waals surface area contributed by atoms with E-state index in [9.17, 15) is 4.79 Å². The van der Waals surface area contributed by atoms with Gasteiger partial charge in [-0.3, -0.25) is 4.79 Å². The van der Waals surface area contributed by atoms with Gasteiger partial charge in [0.25, 0.3) is 5.91 Å². The van der Waals surface area contributed by atoms with Gasteiger partial charge in [0, 0.05) is 12.7 Å². The Morgan fingerprint density at radius 1 is 1.59 bits per heavy atom. The predicted molar refractivity (Wildman–Crippen MR) is 69.4 cm³/mol. The van der Waals surface area contributed by atoms with Crippen molar-refractivity contribution in [2.45, 2.75) is 12.8 Å². The average Bonchev–Trinajstić information content (AvgIpc) is 3.13. The van der Waals surface area contributed by atoms with Crippen LogP contribution in [0.25, 0.3) is 0 Å². The molecule has 1 aliphatic rings. The van der Waals surface area contributed by atoms with E-state index in [1.165, 1.54) is 12.8 Å². The summed E-state index contributed by atoms with van der Waals surface area (Å²) < 4.78 is 0.722. The maximum Gasteiger partial charge on any atom is 0.256 e. The van der Waals surface area contributed by atoms with Crippen LogP contribution in [0.1, 0.15) is 23.2 Å². The molecule has 0 aliphatic heterocycles. The Balaban J connectivity index is 2.09. The molecule has 0 radical (unpaired) electrons. The fourth-order valence-corrected chi connectivity index (χ4v) is 1.86. The SMILES string of the molecule is C#CCN(CC1CC1)C(=O)c1ccc(Br)nc1. The Kier molecular flexibility index (Phi) is 3.80. The van der Waals surface area contributed by atoms with Crippen LogP contribution in [0.3, 0.4) is 0 Å². The zero-order valence-electron chi connectivity index (χ0n) is 9.40. The van der Waals surface area contributed by atoms with Crippen LogP contribution >= 0.6 is 15.9 Å². The van der Waals surface area contributed by atoms with Gasteiger partial charge in [-0.2, -0.15) is 0 Å². The van der Waals surface area contributed by atoms with Gasteiger partial charge in [0.05, 0.1) is 12.1 Å². The van der Waals surface area contributed by atoms with Crippen molar-refractivity contribution >= 4 is 21.8 Å². The number of hydrogen-bond donors (Lipinski definition) is 0. The van der Waals surface area contributed by atoms with Gasteiger partial charge in [-0.05, 0) is 46.8 Å². The summed E-state index contributed by atoms with van der Waals surface area (Å²) in [5.74, 6) is 3.14. The van der Waals surface area contributed by atoms with Crippen molar-refractivity contribution in [1.82, 2.24) is 9.88 Å². The van der Waals surface area contributed by atoms with Crippen molar-refractivity contribution in [2.75, 3.05) is 13.1 Å². The molecule has 1 saturated carbocycles. The van der Waals surface area contributed by atoms with E-state index in [0.717, 1.165) is 11.1 Å². The molecule has 17 heavy (non-hydrogen) atoms. The third kappa shape index (κ3) is 3.31.